The van der Waals surface area contributed by atoms with E-state index in [-0.39, 0.29) is 5.75 Å². The van der Waals surface area contributed by atoms with Crippen molar-refractivity contribution in [2.75, 3.05) is 20.7 Å². The lowest BCUT2D eigenvalue weighted by atomic mass is 10.2. The molecule has 0 saturated carbocycles. The Morgan fingerprint density at radius 3 is 2.71 bits per heavy atom. The molecule has 1 rings (SSSR count). The van der Waals surface area contributed by atoms with Crippen LogP contribution >= 0.6 is 0 Å². The average molecular weight is 237 g/mol. The van der Waals surface area contributed by atoms with Crippen molar-refractivity contribution in [2.24, 2.45) is 0 Å². The predicted octanol–water partition coefficient (Wildman–Crippen LogP) is 3.02. The molecule has 3 nitrogen and oxygen atoms in total. The molecule has 0 fully saturated rings. The lowest BCUT2D eigenvalue weighted by molar-refractivity contribution is 0.316. The highest BCUT2D eigenvalue weighted by atomic mass is 16.5. The van der Waals surface area contributed by atoms with Crippen LogP contribution in [-0.2, 0) is 6.54 Å². The zero-order chi connectivity index (χ0) is 12.7. The molecule has 1 aromatic rings. The van der Waals surface area contributed by atoms with E-state index in [4.69, 9.17) is 4.74 Å². The Morgan fingerprint density at radius 1 is 1.29 bits per heavy atom. The Labute approximate surface area is 104 Å². The Balaban J connectivity index is 2.50. The van der Waals surface area contributed by atoms with Crippen molar-refractivity contribution >= 4 is 0 Å². The normalized spacial score (nSPS) is 10.8. The topological polar surface area (TPSA) is 32.7 Å². The van der Waals surface area contributed by atoms with E-state index >= 15 is 0 Å². The minimum absolute atomic E-state index is 0.199. The highest BCUT2D eigenvalue weighted by Crippen LogP contribution is 2.26. The summed E-state index contributed by atoms with van der Waals surface area (Å²) in [5, 5.41) is 9.50. The van der Waals surface area contributed by atoms with Crippen LogP contribution < -0.4 is 4.74 Å². The molecular weight excluding hydrogens is 214 g/mol. The number of phenols is 1. The molecular formula is C14H23NO2. The van der Waals surface area contributed by atoms with Gasteiger partial charge in [0.05, 0.1) is 7.11 Å². The molecule has 0 unspecified atom stereocenters. The first-order valence-corrected chi connectivity index (χ1v) is 6.21. The summed E-state index contributed by atoms with van der Waals surface area (Å²) in [6.07, 6.45) is 3.77. The monoisotopic (exact) mass is 237 g/mol. The first-order chi connectivity index (χ1) is 8.17. The smallest absolute Gasteiger partial charge is 0.160 e. The molecule has 0 atom stereocenters. The molecule has 0 radical (unpaired) electrons. The molecule has 0 aliphatic heterocycles. The zero-order valence-corrected chi connectivity index (χ0v) is 11.1. The molecule has 0 aliphatic rings. The summed E-state index contributed by atoms with van der Waals surface area (Å²) in [4.78, 5) is 2.29. The molecule has 96 valence electrons. The van der Waals surface area contributed by atoms with E-state index in [0.29, 0.717) is 5.75 Å². The molecule has 0 saturated heterocycles. The zero-order valence-electron chi connectivity index (χ0n) is 11.1. The van der Waals surface area contributed by atoms with Gasteiger partial charge in [0.1, 0.15) is 0 Å². The van der Waals surface area contributed by atoms with Crippen LogP contribution in [0.4, 0.5) is 0 Å². The van der Waals surface area contributed by atoms with Crippen LogP contribution in [0.3, 0.4) is 0 Å². The number of ether oxygens (including phenoxy) is 1. The summed E-state index contributed by atoms with van der Waals surface area (Å²) in [5.41, 5.74) is 1.17. The lowest BCUT2D eigenvalue weighted by Crippen LogP contribution is -2.19. The number of hydrogen-bond acceptors (Lipinski definition) is 3. The van der Waals surface area contributed by atoms with Crippen LogP contribution in [0.15, 0.2) is 18.2 Å². The molecule has 0 bridgehead atoms. The van der Waals surface area contributed by atoms with Gasteiger partial charge in [-0.05, 0) is 37.7 Å². The van der Waals surface area contributed by atoms with E-state index in [1.807, 2.05) is 12.1 Å². The minimum Gasteiger partial charge on any atom is -0.504 e. The average Bonchev–Trinajstić information content (AvgIpc) is 2.32. The maximum absolute atomic E-state index is 9.50. The number of methoxy groups -OCH3 is 1. The highest BCUT2D eigenvalue weighted by Gasteiger charge is 2.05. The van der Waals surface area contributed by atoms with Crippen LogP contribution in [0.5, 0.6) is 11.5 Å². The number of hydrogen-bond donors (Lipinski definition) is 1. The fourth-order valence-electron chi connectivity index (χ4n) is 1.84. The number of aromatic hydroxyl groups is 1. The van der Waals surface area contributed by atoms with Crippen LogP contribution in [-0.4, -0.2) is 30.7 Å². The first kappa shape index (κ1) is 13.8. The van der Waals surface area contributed by atoms with Gasteiger partial charge >= 0.3 is 0 Å². The van der Waals surface area contributed by atoms with Gasteiger partial charge in [-0.3, -0.25) is 0 Å². The van der Waals surface area contributed by atoms with Gasteiger partial charge < -0.3 is 14.7 Å². The van der Waals surface area contributed by atoms with Crippen LogP contribution in [0, 0.1) is 0 Å². The third-order valence-electron chi connectivity index (χ3n) is 2.84. The summed E-state index contributed by atoms with van der Waals surface area (Å²) in [6.45, 7) is 4.21. The van der Waals surface area contributed by atoms with Gasteiger partial charge in [-0.1, -0.05) is 25.8 Å². The number of phenolic OH excluding ortho intramolecular Hbond substituents is 1. The molecule has 3 heteroatoms. The van der Waals surface area contributed by atoms with E-state index in [1.54, 1.807) is 13.2 Å². The summed E-state index contributed by atoms with van der Waals surface area (Å²) in [5.74, 6) is 0.745. The van der Waals surface area contributed by atoms with Crippen molar-refractivity contribution in [3.63, 3.8) is 0 Å². The second kappa shape index (κ2) is 7.17. The Hall–Kier alpha value is -1.22. The van der Waals surface area contributed by atoms with E-state index < -0.39 is 0 Å². The van der Waals surface area contributed by atoms with Gasteiger partial charge in [0, 0.05) is 6.54 Å². The molecule has 17 heavy (non-hydrogen) atoms. The van der Waals surface area contributed by atoms with Crippen molar-refractivity contribution in [1.82, 2.24) is 4.90 Å². The molecule has 0 aromatic heterocycles. The first-order valence-electron chi connectivity index (χ1n) is 6.21. The Bertz CT molecular complexity index is 339. The molecule has 0 spiro atoms. The van der Waals surface area contributed by atoms with E-state index in [1.165, 1.54) is 24.8 Å². The van der Waals surface area contributed by atoms with Crippen molar-refractivity contribution in [3.05, 3.63) is 23.8 Å². The quantitative estimate of drug-likeness (QED) is 0.740. The van der Waals surface area contributed by atoms with Gasteiger partial charge in [-0.15, -0.1) is 0 Å². The van der Waals surface area contributed by atoms with Gasteiger partial charge in [-0.25, -0.2) is 0 Å². The Morgan fingerprint density at radius 2 is 2.06 bits per heavy atom. The van der Waals surface area contributed by atoms with Crippen LogP contribution in [0.2, 0.25) is 0 Å². The summed E-state index contributed by atoms with van der Waals surface area (Å²) < 4.78 is 5.10. The highest BCUT2D eigenvalue weighted by molar-refractivity contribution is 5.41. The molecule has 0 heterocycles. The summed E-state index contributed by atoms with van der Waals surface area (Å²) in [6, 6.07) is 5.52. The van der Waals surface area contributed by atoms with Gasteiger partial charge in [-0.2, -0.15) is 0 Å². The van der Waals surface area contributed by atoms with Gasteiger partial charge in [0.2, 0.25) is 0 Å². The second-order valence-corrected chi connectivity index (χ2v) is 4.45. The maximum atomic E-state index is 9.50. The number of benzene rings is 1. The van der Waals surface area contributed by atoms with Crippen molar-refractivity contribution in [1.29, 1.82) is 0 Å². The van der Waals surface area contributed by atoms with E-state index in [0.717, 1.165) is 13.1 Å². The van der Waals surface area contributed by atoms with Gasteiger partial charge in [0.15, 0.2) is 11.5 Å². The Kier molecular flexibility index (Phi) is 5.84. The number of nitrogens with zero attached hydrogens (tertiary/aromatic N) is 1. The van der Waals surface area contributed by atoms with E-state index in [2.05, 4.69) is 18.9 Å². The lowest BCUT2D eigenvalue weighted by Gasteiger charge is -2.17. The van der Waals surface area contributed by atoms with Crippen LogP contribution in [0.25, 0.3) is 0 Å². The fraction of sp³-hybridized carbons (Fsp3) is 0.571. The number of rotatable bonds is 7. The van der Waals surface area contributed by atoms with Gasteiger partial charge in [0.25, 0.3) is 0 Å². The maximum Gasteiger partial charge on any atom is 0.160 e. The van der Waals surface area contributed by atoms with Crippen LogP contribution in [0.1, 0.15) is 31.7 Å². The number of unbranched alkanes of at least 4 members (excludes halogenated alkanes) is 2. The molecule has 0 aliphatic carbocycles. The minimum atomic E-state index is 0.199. The molecule has 0 amide bonds. The predicted molar refractivity (Wildman–Crippen MR) is 70.5 cm³/mol. The summed E-state index contributed by atoms with van der Waals surface area (Å²) in [7, 11) is 3.69. The molecule has 1 aromatic carbocycles. The van der Waals surface area contributed by atoms with Crippen molar-refractivity contribution < 1.29 is 9.84 Å². The standard InChI is InChI=1S/C14H23NO2/c1-4-5-6-9-15(2)11-12-7-8-13(16)14(10-12)17-3/h7-8,10,16H,4-6,9,11H2,1-3H3. The van der Waals surface area contributed by atoms with Crippen molar-refractivity contribution in [3.8, 4) is 11.5 Å². The van der Waals surface area contributed by atoms with Crippen molar-refractivity contribution in [2.45, 2.75) is 32.7 Å². The SMILES string of the molecule is CCCCCN(C)Cc1ccc(O)c(OC)c1. The third-order valence-corrected chi connectivity index (χ3v) is 2.84. The largest absolute Gasteiger partial charge is 0.504 e. The second-order valence-electron chi connectivity index (χ2n) is 4.45. The molecule has 1 N–H and O–H groups in total. The fourth-order valence-corrected chi connectivity index (χ4v) is 1.84. The summed E-state index contributed by atoms with van der Waals surface area (Å²) >= 11 is 0. The van der Waals surface area contributed by atoms with E-state index in [9.17, 15) is 5.11 Å². The third kappa shape index (κ3) is 4.65.